The summed E-state index contributed by atoms with van der Waals surface area (Å²) < 4.78 is 9.66. The average molecular weight is 300 g/mol. The molecule has 1 fully saturated rings. The lowest BCUT2D eigenvalue weighted by atomic mass is 10.2. The van der Waals surface area contributed by atoms with Gasteiger partial charge in [0, 0.05) is 13.5 Å². The molecule has 1 saturated heterocycles. The predicted molar refractivity (Wildman–Crippen MR) is 71.1 cm³/mol. The molecule has 0 radical (unpaired) electrons. The van der Waals surface area contributed by atoms with Gasteiger partial charge in [0.2, 0.25) is 5.91 Å². The molecule has 0 aromatic heterocycles. The Morgan fingerprint density at radius 1 is 1.33 bits per heavy atom. The second kappa shape index (κ2) is 6.55. The molecule has 0 spiro atoms. The molecule has 21 heavy (non-hydrogen) atoms. The van der Waals surface area contributed by atoms with E-state index in [4.69, 9.17) is 9.47 Å². The summed E-state index contributed by atoms with van der Waals surface area (Å²) in [5.41, 5.74) is -0.681. The Morgan fingerprint density at radius 2 is 1.95 bits per heavy atom. The summed E-state index contributed by atoms with van der Waals surface area (Å²) in [6, 6.07) is -0.725. The number of rotatable bonds is 3. The van der Waals surface area contributed by atoms with Crippen LogP contribution in [0, 0.1) is 0 Å². The van der Waals surface area contributed by atoms with E-state index in [0.717, 1.165) is 4.90 Å². The summed E-state index contributed by atoms with van der Waals surface area (Å²) in [4.78, 5) is 46.7. The minimum Gasteiger partial charge on any atom is -0.457 e. The minimum absolute atomic E-state index is 0.233. The molecule has 1 atom stereocenters. The van der Waals surface area contributed by atoms with E-state index < -0.39 is 36.2 Å². The Bertz CT molecular complexity index is 454. The van der Waals surface area contributed by atoms with E-state index in [1.807, 2.05) is 0 Å². The van der Waals surface area contributed by atoms with Gasteiger partial charge >= 0.3 is 12.1 Å². The van der Waals surface area contributed by atoms with Crippen molar-refractivity contribution in [1.82, 2.24) is 10.2 Å². The Morgan fingerprint density at radius 3 is 2.43 bits per heavy atom. The number of amides is 3. The van der Waals surface area contributed by atoms with Gasteiger partial charge in [-0.1, -0.05) is 0 Å². The monoisotopic (exact) mass is 300 g/mol. The van der Waals surface area contributed by atoms with E-state index in [1.165, 1.54) is 7.05 Å². The molecule has 1 N–H and O–H groups in total. The fourth-order valence-corrected chi connectivity index (χ4v) is 1.71. The number of likely N-dealkylation sites (N-methyl/N-ethyl adjacent to an activating group) is 1. The zero-order chi connectivity index (χ0) is 16.2. The fourth-order valence-electron chi connectivity index (χ4n) is 1.71. The first-order valence-electron chi connectivity index (χ1n) is 6.55. The van der Waals surface area contributed by atoms with Crippen LogP contribution in [0.3, 0.4) is 0 Å². The van der Waals surface area contributed by atoms with Crippen LogP contribution in [0.2, 0.25) is 0 Å². The molecule has 1 aliphatic rings. The van der Waals surface area contributed by atoms with Crippen molar-refractivity contribution in [2.45, 2.75) is 45.3 Å². The highest BCUT2D eigenvalue weighted by Crippen LogP contribution is 2.10. The third kappa shape index (κ3) is 5.41. The molecule has 3 amide bonds. The van der Waals surface area contributed by atoms with Gasteiger partial charge in [-0.2, -0.15) is 0 Å². The summed E-state index contributed by atoms with van der Waals surface area (Å²) in [6.45, 7) is 4.48. The maximum atomic E-state index is 11.9. The standard InChI is InChI=1S/C13H20N2O6/c1-13(2,3)21-10(17)7-20-12(19)15(4)11(18)8-5-6-9(16)14-8/h8H,5-7H2,1-4H3,(H,14,16)/t8-/m0/s1. The van der Waals surface area contributed by atoms with Gasteiger partial charge in [0.1, 0.15) is 11.6 Å². The van der Waals surface area contributed by atoms with E-state index in [-0.39, 0.29) is 12.3 Å². The van der Waals surface area contributed by atoms with Gasteiger partial charge in [-0.3, -0.25) is 9.59 Å². The number of hydrogen-bond donors (Lipinski definition) is 1. The van der Waals surface area contributed by atoms with Gasteiger partial charge < -0.3 is 14.8 Å². The molecule has 0 aliphatic carbocycles. The topological polar surface area (TPSA) is 102 Å². The summed E-state index contributed by atoms with van der Waals surface area (Å²) in [6.07, 6.45) is -0.384. The highest BCUT2D eigenvalue weighted by atomic mass is 16.6. The van der Waals surface area contributed by atoms with Crippen LogP contribution in [-0.4, -0.2) is 54.1 Å². The first kappa shape index (κ1) is 16.9. The number of nitrogens with zero attached hydrogens (tertiary/aromatic N) is 1. The molecule has 1 aliphatic heterocycles. The molecular weight excluding hydrogens is 280 g/mol. The van der Waals surface area contributed by atoms with Crippen LogP contribution in [0.4, 0.5) is 4.79 Å². The number of imide groups is 1. The number of hydrogen-bond acceptors (Lipinski definition) is 6. The number of carbonyl (C=O) groups is 4. The van der Waals surface area contributed by atoms with Crippen molar-refractivity contribution in [2.24, 2.45) is 0 Å². The van der Waals surface area contributed by atoms with Gasteiger partial charge in [0.05, 0.1) is 0 Å². The van der Waals surface area contributed by atoms with Gasteiger partial charge in [-0.05, 0) is 27.2 Å². The predicted octanol–water partition coefficient (Wildman–Crippen LogP) is 0.202. The molecule has 1 heterocycles. The van der Waals surface area contributed by atoms with Gasteiger partial charge in [-0.25, -0.2) is 14.5 Å². The molecule has 118 valence electrons. The SMILES string of the molecule is CN(C(=O)OCC(=O)OC(C)(C)C)C(=O)[C@@H]1CCC(=O)N1. The second-order valence-electron chi connectivity index (χ2n) is 5.70. The second-order valence-corrected chi connectivity index (χ2v) is 5.70. The normalized spacial score (nSPS) is 17.9. The van der Waals surface area contributed by atoms with Gasteiger partial charge in [0.15, 0.2) is 6.61 Å². The Labute approximate surface area is 122 Å². The van der Waals surface area contributed by atoms with Crippen LogP contribution in [0.1, 0.15) is 33.6 Å². The van der Waals surface area contributed by atoms with Crippen molar-refractivity contribution in [2.75, 3.05) is 13.7 Å². The molecule has 8 heteroatoms. The molecule has 0 bridgehead atoms. The van der Waals surface area contributed by atoms with E-state index in [1.54, 1.807) is 20.8 Å². The first-order chi connectivity index (χ1) is 9.60. The smallest absolute Gasteiger partial charge is 0.416 e. The zero-order valence-electron chi connectivity index (χ0n) is 12.6. The zero-order valence-corrected chi connectivity index (χ0v) is 12.6. The molecule has 1 rings (SSSR count). The van der Waals surface area contributed by atoms with Crippen molar-refractivity contribution >= 4 is 23.9 Å². The van der Waals surface area contributed by atoms with E-state index in [2.05, 4.69) is 5.32 Å². The Kier molecular flexibility index (Phi) is 5.28. The van der Waals surface area contributed by atoms with Crippen molar-refractivity contribution in [3.05, 3.63) is 0 Å². The molecule has 0 unspecified atom stereocenters. The van der Waals surface area contributed by atoms with Gasteiger partial charge in [-0.15, -0.1) is 0 Å². The lowest BCUT2D eigenvalue weighted by molar-refractivity contribution is -0.158. The number of esters is 1. The third-order valence-electron chi connectivity index (χ3n) is 2.63. The molecule has 0 saturated carbocycles. The largest absolute Gasteiger partial charge is 0.457 e. The Hall–Kier alpha value is -2.12. The van der Waals surface area contributed by atoms with Crippen molar-refractivity contribution in [3.8, 4) is 0 Å². The maximum Gasteiger partial charge on any atom is 0.416 e. The van der Waals surface area contributed by atoms with E-state index in [0.29, 0.717) is 6.42 Å². The van der Waals surface area contributed by atoms with Crippen LogP contribution in [0.5, 0.6) is 0 Å². The summed E-state index contributed by atoms with van der Waals surface area (Å²) in [5.74, 6) is -1.51. The molecule has 0 aromatic carbocycles. The van der Waals surface area contributed by atoms with Crippen LogP contribution < -0.4 is 5.32 Å². The summed E-state index contributed by atoms with van der Waals surface area (Å²) in [5, 5.41) is 2.46. The van der Waals surface area contributed by atoms with Gasteiger partial charge in [0.25, 0.3) is 5.91 Å². The lowest BCUT2D eigenvalue weighted by Crippen LogP contribution is -2.45. The molecular formula is C13H20N2O6. The molecule has 8 nitrogen and oxygen atoms in total. The van der Waals surface area contributed by atoms with Crippen molar-refractivity contribution < 1.29 is 28.7 Å². The highest BCUT2D eigenvalue weighted by molar-refractivity contribution is 5.98. The van der Waals surface area contributed by atoms with Crippen LogP contribution in [0.25, 0.3) is 0 Å². The summed E-state index contributed by atoms with van der Waals surface area (Å²) in [7, 11) is 1.23. The number of nitrogens with one attached hydrogen (secondary N) is 1. The highest BCUT2D eigenvalue weighted by Gasteiger charge is 2.32. The van der Waals surface area contributed by atoms with Crippen molar-refractivity contribution in [3.63, 3.8) is 0 Å². The fraction of sp³-hybridized carbons (Fsp3) is 0.692. The number of ether oxygens (including phenoxy) is 2. The third-order valence-corrected chi connectivity index (χ3v) is 2.63. The van der Waals surface area contributed by atoms with Crippen LogP contribution in [-0.2, 0) is 23.9 Å². The van der Waals surface area contributed by atoms with E-state index in [9.17, 15) is 19.2 Å². The molecule has 0 aromatic rings. The van der Waals surface area contributed by atoms with Crippen LogP contribution >= 0.6 is 0 Å². The lowest BCUT2D eigenvalue weighted by Gasteiger charge is -2.21. The minimum atomic E-state index is -0.966. The van der Waals surface area contributed by atoms with Crippen LogP contribution in [0.15, 0.2) is 0 Å². The first-order valence-corrected chi connectivity index (χ1v) is 6.55. The quantitative estimate of drug-likeness (QED) is 0.747. The average Bonchev–Trinajstić information content (AvgIpc) is 2.78. The number of carbonyl (C=O) groups excluding carboxylic acids is 4. The van der Waals surface area contributed by atoms with Crippen molar-refractivity contribution in [1.29, 1.82) is 0 Å². The maximum absolute atomic E-state index is 11.9. The van der Waals surface area contributed by atoms with E-state index >= 15 is 0 Å². The Balaban J connectivity index is 2.42. The summed E-state index contributed by atoms with van der Waals surface area (Å²) >= 11 is 0.